The summed E-state index contributed by atoms with van der Waals surface area (Å²) in [6.07, 6.45) is 0.558. The molecule has 0 saturated heterocycles. The lowest BCUT2D eigenvalue weighted by atomic mass is 9.98. The Balaban J connectivity index is 2.60. The minimum absolute atomic E-state index is 0.259. The van der Waals surface area contributed by atoms with Gasteiger partial charge in [0.05, 0.1) is 0 Å². The monoisotopic (exact) mass is 276 g/mol. The van der Waals surface area contributed by atoms with E-state index in [9.17, 15) is 13.2 Å². The van der Waals surface area contributed by atoms with Gasteiger partial charge in [-0.2, -0.15) is 0 Å². The summed E-state index contributed by atoms with van der Waals surface area (Å²) in [6, 6.07) is 11.3. The molecule has 0 aromatic heterocycles. The molecule has 0 saturated carbocycles. The van der Waals surface area contributed by atoms with E-state index < -0.39 is 6.36 Å². The van der Waals surface area contributed by atoms with E-state index >= 15 is 0 Å². The third kappa shape index (κ3) is 3.12. The molecule has 1 nitrogen and oxygen atoms in total. The summed E-state index contributed by atoms with van der Waals surface area (Å²) in [5.74, 6) is 2.15. The van der Waals surface area contributed by atoms with Crippen molar-refractivity contribution in [2.45, 2.75) is 13.3 Å². The maximum absolute atomic E-state index is 12.5. The molecular formula is C16H11F3O. The van der Waals surface area contributed by atoms with E-state index in [4.69, 9.17) is 6.42 Å². The Morgan fingerprint density at radius 2 is 1.75 bits per heavy atom. The van der Waals surface area contributed by atoms with Crippen LogP contribution < -0.4 is 4.74 Å². The van der Waals surface area contributed by atoms with Crippen LogP contribution in [0, 0.1) is 19.3 Å². The van der Waals surface area contributed by atoms with Gasteiger partial charge in [-0.1, -0.05) is 30.2 Å². The van der Waals surface area contributed by atoms with E-state index in [0.29, 0.717) is 16.7 Å². The predicted molar refractivity (Wildman–Crippen MR) is 71.2 cm³/mol. The Bertz CT molecular complexity index is 666. The van der Waals surface area contributed by atoms with Gasteiger partial charge in [-0.05, 0) is 36.2 Å². The summed E-state index contributed by atoms with van der Waals surface area (Å²) in [7, 11) is 0. The van der Waals surface area contributed by atoms with E-state index in [0.717, 1.165) is 5.56 Å². The fraction of sp³-hybridized carbons (Fsp3) is 0.125. The highest BCUT2D eigenvalue weighted by molar-refractivity contribution is 5.74. The van der Waals surface area contributed by atoms with Gasteiger partial charge in [0.15, 0.2) is 0 Å². The fourth-order valence-electron chi connectivity index (χ4n) is 1.92. The highest BCUT2D eigenvalue weighted by Crippen LogP contribution is 2.36. The standard InChI is InChI=1S/C16H11F3O/c1-3-12-8-9-15(20-16(17,18)19)14(10-12)13-7-5-4-6-11(13)2/h1,4-10H,2H3. The van der Waals surface area contributed by atoms with Gasteiger partial charge in [0.25, 0.3) is 0 Å². The molecular weight excluding hydrogens is 265 g/mol. The minimum atomic E-state index is -4.74. The van der Waals surface area contributed by atoms with Gasteiger partial charge in [-0.15, -0.1) is 19.6 Å². The zero-order valence-corrected chi connectivity index (χ0v) is 10.7. The molecule has 0 aliphatic heterocycles. The Morgan fingerprint density at radius 1 is 1.05 bits per heavy atom. The molecule has 0 aliphatic carbocycles. The van der Waals surface area contributed by atoms with Gasteiger partial charge in [-0.3, -0.25) is 0 Å². The number of alkyl halides is 3. The first-order valence-electron chi connectivity index (χ1n) is 5.83. The van der Waals surface area contributed by atoms with Crippen LogP contribution in [0.3, 0.4) is 0 Å². The van der Waals surface area contributed by atoms with E-state index in [1.165, 1.54) is 18.2 Å². The number of terminal acetylenes is 1. The van der Waals surface area contributed by atoms with Crippen molar-refractivity contribution in [2.75, 3.05) is 0 Å². The molecule has 0 aliphatic rings. The maximum atomic E-state index is 12.5. The molecule has 0 spiro atoms. The smallest absolute Gasteiger partial charge is 0.405 e. The third-order valence-electron chi connectivity index (χ3n) is 2.81. The van der Waals surface area contributed by atoms with Crippen LogP contribution in [-0.2, 0) is 0 Å². The van der Waals surface area contributed by atoms with Crippen molar-refractivity contribution >= 4 is 0 Å². The number of ether oxygens (including phenoxy) is 1. The van der Waals surface area contributed by atoms with Crippen molar-refractivity contribution in [3.05, 3.63) is 53.6 Å². The topological polar surface area (TPSA) is 9.23 Å². The predicted octanol–water partition coefficient (Wildman–Crippen LogP) is 4.54. The second-order valence-electron chi connectivity index (χ2n) is 4.22. The maximum Gasteiger partial charge on any atom is 0.573 e. The van der Waals surface area contributed by atoms with E-state index in [1.54, 1.807) is 12.1 Å². The van der Waals surface area contributed by atoms with Crippen LogP contribution >= 0.6 is 0 Å². The zero-order chi connectivity index (χ0) is 14.8. The molecule has 0 N–H and O–H groups in total. The summed E-state index contributed by atoms with van der Waals surface area (Å²) < 4.78 is 41.4. The summed E-state index contributed by atoms with van der Waals surface area (Å²) in [5, 5.41) is 0. The first-order chi connectivity index (χ1) is 9.40. The average Bonchev–Trinajstić information content (AvgIpc) is 2.38. The number of aryl methyl sites for hydroxylation is 1. The Morgan fingerprint density at radius 3 is 2.35 bits per heavy atom. The molecule has 0 bridgehead atoms. The van der Waals surface area contributed by atoms with Gasteiger partial charge < -0.3 is 4.74 Å². The van der Waals surface area contributed by atoms with Crippen molar-refractivity contribution in [3.63, 3.8) is 0 Å². The van der Waals surface area contributed by atoms with Gasteiger partial charge in [0.1, 0.15) is 5.75 Å². The van der Waals surface area contributed by atoms with E-state index in [2.05, 4.69) is 10.7 Å². The van der Waals surface area contributed by atoms with E-state index in [1.807, 2.05) is 19.1 Å². The van der Waals surface area contributed by atoms with Gasteiger partial charge >= 0.3 is 6.36 Å². The van der Waals surface area contributed by atoms with Crippen molar-refractivity contribution < 1.29 is 17.9 Å². The summed E-state index contributed by atoms with van der Waals surface area (Å²) in [5.41, 5.74) is 2.33. The average molecular weight is 276 g/mol. The summed E-state index contributed by atoms with van der Waals surface area (Å²) in [6.45, 7) is 1.81. The Kier molecular flexibility index (Phi) is 3.71. The van der Waals surface area contributed by atoms with Gasteiger partial charge in [0, 0.05) is 11.1 Å². The number of halogens is 3. The van der Waals surface area contributed by atoms with Crippen molar-refractivity contribution in [2.24, 2.45) is 0 Å². The molecule has 4 heteroatoms. The largest absolute Gasteiger partial charge is 0.573 e. The van der Waals surface area contributed by atoms with Crippen LogP contribution in [0.2, 0.25) is 0 Å². The minimum Gasteiger partial charge on any atom is -0.405 e. The van der Waals surface area contributed by atoms with Crippen LogP contribution in [0.5, 0.6) is 5.75 Å². The number of hydrogen-bond donors (Lipinski definition) is 0. The lowest BCUT2D eigenvalue weighted by Gasteiger charge is -2.15. The normalized spacial score (nSPS) is 10.9. The zero-order valence-electron chi connectivity index (χ0n) is 10.7. The molecule has 102 valence electrons. The quantitative estimate of drug-likeness (QED) is 0.732. The molecule has 0 unspecified atom stereocenters. The fourth-order valence-corrected chi connectivity index (χ4v) is 1.92. The molecule has 0 amide bonds. The van der Waals surface area contributed by atoms with Crippen molar-refractivity contribution in [3.8, 4) is 29.2 Å². The SMILES string of the molecule is C#Cc1ccc(OC(F)(F)F)c(-c2ccccc2C)c1. The van der Waals surface area contributed by atoms with Crippen molar-refractivity contribution in [1.29, 1.82) is 0 Å². The number of hydrogen-bond acceptors (Lipinski definition) is 1. The molecule has 0 atom stereocenters. The van der Waals surface area contributed by atoms with Crippen LogP contribution in [0.4, 0.5) is 13.2 Å². The van der Waals surface area contributed by atoms with Crippen LogP contribution in [-0.4, -0.2) is 6.36 Å². The third-order valence-corrected chi connectivity index (χ3v) is 2.81. The Hall–Kier alpha value is -2.41. The summed E-state index contributed by atoms with van der Waals surface area (Å²) in [4.78, 5) is 0. The van der Waals surface area contributed by atoms with E-state index in [-0.39, 0.29) is 5.75 Å². The number of benzene rings is 2. The first kappa shape index (κ1) is 14.0. The lowest BCUT2D eigenvalue weighted by Crippen LogP contribution is -2.17. The first-order valence-corrected chi connectivity index (χ1v) is 5.83. The lowest BCUT2D eigenvalue weighted by molar-refractivity contribution is -0.274. The Labute approximate surface area is 115 Å². The number of rotatable bonds is 2. The highest BCUT2D eigenvalue weighted by atomic mass is 19.4. The molecule has 2 rings (SSSR count). The second-order valence-corrected chi connectivity index (χ2v) is 4.22. The van der Waals surface area contributed by atoms with Crippen LogP contribution in [0.25, 0.3) is 11.1 Å². The van der Waals surface area contributed by atoms with Crippen molar-refractivity contribution in [1.82, 2.24) is 0 Å². The molecule has 20 heavy (non-hydrogen) atoms. The highest BCUT2D eigenvalue weighted by Gasteiger charge is 2.32. The molecule has 2 aromatic carbocycles. The molecule has 2 aromatic rings. The van der Waals surface area contributed by atoms with Gasteiger partial charge in [-0.25, -0.2) is 0 Å². The van der Waals surface area contributed by atoms with Gasteiger partial charge in [0.2, 0.25) is 0 Å². The van der Waals surface area contributed by atoms with Crippen LogP contribution in [0.1, 0.15) is 11.1 Å². The molecule has 0 radical (unpaired) electrons. The molecule has 0 heterocycles. The van der Waals surface area contributed by atoms with Crippen LogP contribution in [0.15, 0.2) is 42.5 Å². The second kappa shape index (κ2) is 5.30. The molecule has 0 fully saturated rings. The summed E-state index contributed by atoms with van der Waals surface area (Å²) >= 11 is 0.